The minimum absolute atomic E-state index is 0.897. The first kappa shape index (κ1) is 17.8. The minimum Gasteiger partial charge on any atom is -0.289 e. The normalized spacial score (nSPS) is 13.5. The van der Waals surface area contributed by atoms with Crippen LogP contribution in [0.5, 0.6) is 0 Å². The van der Waals surface area contributed by atoms with Gasteiger partial charge >= 0.3 is 0 Å². The SMILES string of the molecule is c1ccc2c(c1)Cc1ccc3c(c1-2)-c1ccc2c(nc4c5ncccc5c5ncccc5n24)c1C3. The predicted molar refractivity (Wildman–Crippen MR) is 140 cm³/mol. The van der Waals surface area contributed by atoms with Crippen LogP contribution in [0.2, 0.25) is 0 Å². The molecule has 0 atom stereocenters. The van der Waals surface area contributed by atoms with Crippen LogP contribution in [0.15, 0.2) is 85.2 Å². The van der Waals surface area contributed by atoms with Crippen molar-refractivity contribution in [3.63, 3.8) is 0 Å². The maximum Gasteiger partial charge on any atom is 0.165 e. The van der Waals surface area contributed by atoms with E-state index < -0.39 is 0 Å². The lowest BCUT2D eigenvalue weighted by Crippen LogP contribution is -1.94. The van der Waals surface area contributed by atoms with E-state index in [0.29, 0.717) is 0 Å². The molecule has 0 saturated heterocycles. The van der Waals surface area contributed by atoms with Crippen LogP contribution in [0.1, 0.15) is 22.3 Å². The Hall–Kier alpha value is -4.57. The molecule has 2 aliphatic carbocycles. The van der Waals surface area contributed by atoms with E-state index in [1.54, 1.807) is 0 Å². The lowest BCUT2D eigenvalue weighted by molar-refractivity contribution is 1.24. The third-order valence-electron chi connectivity index (χ3n) is 7.92. The Bertz CT molecular complexity index is 2070. The first-order chi connectivity index (χ1) is 17.4. The second kappa shape index (κ2) is 6.10. The lowest BCUT2D eigenvalue weighted by Gasteiger charge is -2.10. The summed E-state index contributed by atoms with van der Waals surface area (Å²) in [6, 6.07) is 26.3. The van der Waals surface area contributed by atoms with Gasteiger partial charge in [-0.15, -0.1) is 0 Å². The zero-order chi connectivity index (χ0) is 22.7. The second-order valence-electron chi connectivity index (χ2n) is 9.65. The summed E-state index contributed by atoms with van der Waals surface area (Å²) in [6.07, 6.45) is 5.62. The van der Waals surface area contributed by atoms with E-state index in [1.807, 2.05) is 24.5 Å². The quantitative estimate of drug-likeness (QED) is 0.243. The summed E-state index contributed by atoms with van der Waals surface area (Å²) in [5.74, 6) is 0. The van der Waals surface area contributed by atoms with Crippen LogP contribution in [0.25, 0.3) is 60.9 Å². The standard InChI is InChI=1S/C31H18N4/c1-2-6-20-17(5-1)15-18-9-10-19-16-23-21(27(19)26(18)20)11-12-25-29(23)34-31-30-22(7-3-13-33-30)28-24(35(25)31)8-4-14-32-28/h1-14H,15-16H2. The number of rotatable bonds is 0. The Morgan fingerprint density at radius 3 is 2.29 bits per heavy atom. The van der Waals surface area contributed by atoms with Crippen molar-refractivity contribution in [1.29, 1.82) is 0 Å². The average Bonchev–Trinajstić information content (AvgIpc) is 3.59. The summed E-state index contributed by atoms with van der Waals surface area (Å²) < 4.78 is 2.25. The maximum absolute atomic E-state index is 5.26. The largest absolute Gasteiger partial charge is 0.289 e. The highest BCUT2D eigenvalue weighted by atomic mass is 15.0. The van der Waals surface area contributed by atoms with Gasteiger partial charge in [0.15, 0.2) is 5.65 Å². The molecule has 162 valence electrons. The Morgan fingerprint density at radius 1 is 0.571 bits per heavy atom. The summed E-state index contributed by atoms with van der Waals surface area (Å²) in [4.78, 5) is 14.7. The van der Waals surface area contributed by atoms with Crippen molar-refractivity contribution in [2.45, 2.75) is 12.8 Å². The number of hydrogen-bond donors (Lipinski definition) is 0. The molecule has 0 N–H and O–H groups in total. The summed E-state index contributed by atoms with van der Waals surface area (Å²) >= 11 is 0. The van der Waals surface area contributed by atoms with Crippen LogP contribution in [-0.4, -0.2) is 19.4 Å². The molecule has 7 aromatic rings. The van der Waals surface area contributed by atoms with Crippen molar-refractivity contribution in [3.05, 3.63) is 107 Å². The summed E-state index contributed by atoms with van der Waals surface area (Å²) in [5.41, 5.74) is 17.1. The fourth-order valence-electron chi connectivity index (χ4n) is 6.49. The van der Waals surface area contributed by atoms with E-state index in [1.165, 1.54) is 44.5 Å². The van der Waals surface area contributed by atoms with Crippen LogP contribution in [-0.2, 0) is 12.8 Å². The van der Waals surface area contributed by atoms with Crippen LogP contribution < -0.4 is 0 Å². The van der Waals surface area contributed by atoms with Gasteiger partial charge in [0.1, 0.15) is 5.52 Å². The molecule has 35 heavy (non-hydrogen) atoms. The number of fused-ring (bicyclic) bond motifs is 16. The van der Waals surface area contributed by atoms with Gasteiger partial charge < -0.3 is 0 Å². The van der Waals surface area contributed by atoms with Crippen molar-refractivity contribution in [2.24, 2.45) is 0 Å². The molecule has 4 nitrogen and oxygen atoms in total. The molecule has 4 aromatic heterocycles. The Morgan fingerprint density at radius 2 is 1.34 bits per heavy atom. The van der Waals surface area contributed by atoms with Crippen molar-refractivity contribution in [3.8, 4) is 22.3 Å². The van der Waals surface area contributed by atoms with Crippen molar-refractivity contribution in [2.75, 3.05) is 0 Å². The van der Waals surface area contributed by atoms with E-state index in [2.05, 4.69) is 65.1 Å². The van der Waals surface area contributed by atoms with Crippen molar-refractivity contribution >= 4 is 38.6 Å². The van der Waals surface area contributed by atoms with Gasteiger partial charge in [-0.3, -0.25) is 14.4 Å². The van der Waals surface area contributed by atoms with Gasteiger partial charge in [0.25, 0.3) is 0 Å². The zero-order valence-electron chi connectivity index (χ0n) is 18.8. The summed E-state index contributed by atoms with van der Waals surface area (Å²) in [7, 11) is 0. The van der Waals surface area contributed by atoms with E-state index >= 15 is 0 Å². The average molecular weight is 447 g/mol. The highest BCUT2D eigenvalue weighted by Gasteiger charge is 2.30. The fraction of sp³-hybridized carbons (Fsp3) is 0.0645. The van der Waals surface area contributed by atoms with E-state index in [-0.39, 0.29) is 0 Å². The summed E-state index contributed by atoms with van der Waals surface area (Å²) in [6.45, 7) is 0. The molecule has 3 aromatic carbocycles. The monoisotopic (exact) mass is 446 g/mol. The smallest absolute Gasteiger partial charge is 0.165 e. The van der Waals surface area contributed by atoms with Gasteiger partial charge in [-0.05, 0) is 81.3 Å². The molecule has 4 heterocycles. The molecular weight excluding hydrogens is 428 g/mol. The summed E-state index contributed by atoms with van der Waals surface area (Å²) in [5, 5.41) is 1.04. The Balaban J connectivity index is 1.42. The highest BCUT2D eigenvalue weighted by Crippen LogP contribution is 2.50. The van der Waals surface area contributed by atoms with E-state index in [9.17, 15) is 0 Å². The van der Waals surface area contributed by atoms with E-state index in [4.69, 9.17) is 15.0 Å². The van der Waals surface area contributed by atoms with Crippen LogP contribution in [0.3, 0.4) is 0 Å². The molecule has 0 unspecified atom stereocenters. The fourth-order valence-corrected chi connectivity index (χ4v) is 6.49. The Kier molecular flexibility index (Phi) is 3.11. The zero-order valence-corrected chi connectivity index (χ0v) is 18.8. The number of hydrogen-bond acceptors (Lipinski definition) is 3. The lowest BCUT2D eigenvalue weighted by atomic mass is 9.94. The topological polar surface area (TPSA) is 43.1 Å². The van der Waals surface area contributed by atoms with Crippen LogP contribution in [0.4, 0.5) is 0 Å². The third kappa shape index (κ3) is 2.11. The Labute approximate surface area is 200 Å². The molecule has 0 bridgehead atoms. The number of pyridine rings is 3. The maximum atomic E-state index is 5.26. The number of benzene rings is 3. The molecule has 0 fully saturated rings. The van der Waals surface area contributed by atoms with Gasteiger partial charge in [0, 0.05) is 24.2 Å². The van der Waals surface area contributed by atoms with Gasteiger partial charge in [-0.25, -0.2) is 4.98 Å². The van der Waals surface area contributed by atoms with Gasteiger partial charge in [-0.1, -0.05) is 42.5 Å². The second-order valence-corrected chi connectivity index (χ2v) is 9.65. The minimum atomic E-state index is 0.897. The molecule has 2 aliphatic rings. The number of imidazole rings is 1. The first-order valence-corrected chi connectivity index (χ1v) is 12.1. The predicted octanol–water partition coefficient (Wildman–Crippen LogP) is 6.73. The first-order valence-electron chi connectivity index (χ1n) is 12.1. The number of nitrogens with zero attached hydrogens (tertiary/aromatic N) is 4. The molecule has 0 amide bonds. The molecule has 9 rings (SSSR count). The van der Waals surface area contributed by atoms with Gasteiger partial charge in [0.2, 0.25) is 0 Å². The molecule has 0 radical (unpaired) electrons. The molecule has 0 spiro atoms. The van der Waals surface area contributed by atoms with Gasteiger partial charge in [-0.2, -0.15) is 0 Å². The van der Waals surface area contributed by atoms with Crippen LogP contribution >= 0.6 is 0 Å². The molecular formula is C31H18N4. The molecule has 4 heteroatoms. The third-order valence-corrected chi connectivity index (χ3v) is 7.92. The van der Waals surface area contributed by atoms with Crippen LogP contribution in [0, 0.1) is 0 Å². The van der Waals surface area contributed by atoms with Crippen molar-refractivity contribution in [1.82, 2.24) is 19.4 Å². The highest BCUT2D eigenvalue weighted by molar-refractivity contribution is 6.11. The van der Waals surface area contributed by atoms with E-state index in [0.717, 1.165) is 51.5 Å². The number of aromatic nitrogens is 4. The van der Waals surface area contributed by atoms with Crippen molar-refractivity contribution < 1.29 is 0 Å². The molecule has 0 aliphatic heterocycles. The van der Waals surface area contributed by atoms with Gasteiger partial charge in [0.05, 0.1) is 22.1 Å². The molecule has 0 saturated carbocycles.